The SMILES string of the molecule is C=CC(CNCC)CC(C)CC. The Labute approximate surface area is 77.2 Å². The van der Waals surface area contributed by atoms with Gasteiger partial charge in [0.05, 0.1) is 0 Å². The molecular formula is C11H23N. The van der Waals surface area contributed by atoms with Crippen molar-refractivity contribution in [3.63, 3.8) is 0 Å². The number of hydrogen-bond donors (Lipinski definition) is 1. The van der Waals surface area contributed by atoms with E-state index in [1.165, 1.54) is 12.8 Å². The molecule has 12 heavy (non-hydrogen) atoms. The van der Waals surface area contributed by atoms with Gasteiger partial charge in [0.15, 0.2) is 0 Å². The predicted molar refractivity (Wildman–Crippen MR) is 56.3 cm³/mol. The molecule has 0 bridgehead atoms. The molecule has 0 aromatic heterocycles. The lowest BCUT2D eigenvalue weighted by Gasteiger charge is -2.16. The summed E-state index contributed by atoms with van der Waals surface area (Å²) in [5.74, 6) is 1.48. The van der Waals surface area contributed by atoms with E-state index in [-0.39, 0.29) is 0 Å². The third-order valence-corrected chi connectivity index (χ3v) is 2.39. The minimum atomic E-state index is 0.653. The van der Waals surface area contributed by atoms with Crippen molar-refractivity contribution in [2.75, 3.05) is 13.1 Å². The average molecular weight is 169 g/mol. The smallest absolute Gasteiger partial charge is 0.00140 e. The summed E-state index contributed by atoms with van der Waals surface area (Å²) in [6, 6.07) is 0. The first kappa shape index (κ1) is 11.7. The van der Waals surface area contributed by atoms with Crippen LogP contribution >= 0.6 is 0 Å². The van der Waals surface area contributed by atoms with E-state index >= 15 is 0 Å². The molecule has 1 nitrogen and oxygen atoms in total. The molecule has 0 spiro atoms. The van der Waals surface area contributed by atoms with Gasteiger partial charge in [-0.15, -0.1) is 6.58 Å². The monoisotopic (exact) mass is 169 g/mol. The molecule has 0 fully saturated rings. The van der Waals surface area contributed by atoms with Gasteiger partial charge in [0.2, 0.25) is 0 Å². The third-order valence-electron chi connectivity index (χ3n) is 2.39. The molecule has 0 aromatic rings. The highest BCUT2D eigenvalue weighted by Crippen LogP contribution is 2.14. The van der Waals surface area contributed by atoms with Crippen LogP contribution in [-0.4, -0.2) is 13.1 Å². The first-order chi connectivity index (χ1) is 5.74. The van der Waals surface area contributed by atoms with Crippen molar-refractivity contribution in [1.82, 2.24) is 5.32 Å². The van der Waals surface area contributed by atoms with Crippen molar-refractivity contribution in [1.29, 1.82) is 0 Å². The molecule has 2 unspecified atom stereocenters. The first-order valence-electron chi connectivity index (χ1n) is 5.07. The van der Waals surface area contributed by atoms with Gasteiger partial charge in [-0.25, -0.2) is 0 Å². The maximum Gasteiger partial charge on any atom is 0.00140 e. The lowest BCUT2D eigenvalue weighted by Crippen LogP contribution is -2.22. The van der Waals surface area contributed by atoms with Gasteiger partial charge in [-0.2, -0.15) is 0 Å². The zero-order chi connectivity index (χ0) is 9.40. The zero-order valence-electron chi connectivity index (χ0n) is 8.77. The molecule has 0 rings (SSSR count). The molecule has 1 heteroatoms. The molecule has 72 valence electrons. The summed E-state index contributed by atoms with van der Waals surface area (Å²) in [5, 5.41) is 3.36. The van der Waals surface area contributed by atoms with Gasteiger partial charge in [-0.05, 0) is 24.8 Å². The van der Waals surface area contributed by atoms with Crippen LogP contribution in [0.5, 0.6) is 0 Å². The van der Waals surface area contributed by atoms with Crippen LogP contribution in [0, 0.1) is 11.8 Å². The third kappa shape index (κ3) is 5.36. The standard InChI is InChI=1S/C11H23N/c1-5-10(4)8-11(6-2)9-12-7-3/h6,10-12H,2,5,7-9H2,1,3-4H3. The first-order valence-corrected chi connectivity index (χ1v) is 5.07. The number of hydrogen-bond acceptors (Lipinski definition) is 1. The Bertz CT molecular complexity index is 110. The Hall–Kier alpha value is -0.300. The Kier molecular flexibility index (Phi) is 7.17. The lowest BCUT2D eigenvalue weighted by atomic mass is 9.94. The fourth-order valence-corrected chi connectivity index (χ4v) is 1.28. The van der Waals surface area contributed by atoms with Crippen LogP contribution in [0.1, 0.15) is 33.6 Å². The van der Waals surface area contributed by atoms with Crippen molar-refractivity contribution in [3.8, 4) is 0 Å². The second kappa shape index (κ2) is 7.35. The van der Waals surface area contributed by atoms with Gasteiger partial charge in [-0.3, -0.25) is 0 Å². The van der Waals surface area contributed by atoms with Crippen LogP contribution in [-0.2, 0) is 0 Å². The molecule has 0 amide bonds. The molecule has 0 heterocycles. The van der Waals surface area contributed by atoms with Crippen LogP contribution in [0.15, 0.2) is 12.7 Å². The Morgan fingerprint density at radius 2 is 2.08 bits per heavy atom. The van der Waals surface area contributed by atoms with Crippen LogP contribution in [0.4, 0.5) is 0 Å². The van der Waals surface area contributed by atoms with Crippen LogP contribution in [0.25, 0.3) is 0 Å². The molecule has 0 saturated heterocycles. The lowest BCUT2D eigenvalue weighted by molar-refractivity contribution is 0.419. The molecule has 0 aliphatic carbocycles. The fraction of sp³-hybridized carbons (Fsp3) is 0.818. The highest BCUT2D eigenvalue weighted by Gasteiger charge is 2.07. The largest absolute Gasteiger partial charge is 0.316 e. The molecule has 0 aliphatic heterocycles. The van der Waals surface area contributed by atoms with Gasteiger partial charge in [-0.1, -0.05) is 33.3 Å². The molecule has 0 aliphatic rings. The maximum absolute atomic E-state index is 3.86. The van der Waals surface area contributed by atoms with Crippen LogP contribution in [0.3, 0.4) is 0 Å². The normalized spacial score (nSPS) is 15.6. The van der Waals surface area contributed by atoms with E-state index in [9.17, 15) is 0 Å². The number of nitrogens with one attached hydrogen (secondary N) is 1. The van der Waals surface area contributed by atoms with Crippen molar-refractivity contribution in [2.24, 2.45) is 11.8 Å². The summed E-state index contributed by atoms with van der Waals surface area (Å²) in [6.45, 7) is 12.7. The molecule has 0 radical (unpaired) electrons. The van der Waals surface area contributed by atoms with Crippen molar-refractivity contribution in [3.05, 3.63) is 12.7 Å². The van der Waals surface area contributed by atoms with E-state index < -0.39 is 0 Å². The van der Waals surface area contributed by atoms with E-state index in [0.29, 0.717) is 5.92 Å². The average Bonchev–Trinajstić information content (AvgIpc) is 2.11. The minimum absolute atomic E-state index is 0.653. The number of rotatable bonds is 7. The molecular weight excluding hydrogens is 146 g/mol. The summed E-state index contributed by atoms with van der Waals surface area (Å²) in [7, 11) is 0. The minimum Gasteiger partial charge on any atom is -0.316 e. The van der Waals surface area contributed by atoms with Gasteiger partial charge in [0.1, 0.15) is 0 Å². The van der Waals surface area contributed by atoms with E-state index in [0.717, 1.165) is 19.0 Å². The summed E-state index contributed by atoms with van der Waals surface area (Å²) in [5.41, 5.74) is 0. The van der Waals surface area contributed by atoms with Crippen molar-refractivity contribution >= 4 is 0 Å². The topological polar surface area (TPSA) is 12.0 Å². The Balaban J connectivity index is 3.59. The van der Waals surface area contributed by atoms with E-state index in [4.69, 9.17) is 0 Å². The van der Waals surface area contributed by atoms with Gasteiger partial charge in [0, 0.05) is 6.54 Å². The van der Waals surface area contributed by atoms with E-state index in [2.05, 4.69) is 38.7 Å². The summed E-state index contributed by atoms with van der Waals surface area (Å²) in [6.07, 6.45) is 4.62. The second-order valence-electron chi connectivity index (χ2n) is 3.55. The van der Waals surface area contributed by atoms with E-state index in [1.807, 2.05) is 0 Å². The molecule has 0 saturated carbocycles. The summed E-state index contributed by atoms with van der Waals surface area (Å²) in [4.78, 5) is 0. The predicted octanol–water partition coefficient (Wildman–Crippen LogP) is 2.83. The molecule has 2 atom stereocenters. The zero-order valence-corrected chi connectivity index (χ0v) is 8.77. The fourth-order valence-electron chi connectivity index (χ4n) is 1.28. The summed E-state index contributed by atoms with van der Waals surface area (Å²) >= 11 is 0. The highest BCUT2D eigenvalue weighted by atomic mass is 14.8. The van der Waals surface area contributed by atoms with Gasteiger partial charge in [0.25, 0.3) is 0 Å². The van der Waals surface area contributed by atoms with Crippen LogP contribution in [0.2, 0.25) is 0 Å². The highest BCUT2D eigenvalue weighted by molar-refractivity contribution is 4.81. The van der Waals surface area contributed by atoms with Crippen LogP contribution < -0.4 is 5.32 Å². The summed E-state index contributed by atoms with van der Waals surface area (Å²) < 4.78 is 0. The van der Waals surface area contributed by atoms with Gasteiger partial charge < -0.3 is 5.32 Å². The molecule has 0 aromatic carbocycles. The Morgan fingerprint density at radius 3 is 2.50 bits per heavy atom. The Morgan fingerprint density at radius 1 is 1.42 bits per heavy atom. The maximum atomic E-state index is 3.86. The molecule has 1 N–H and O–H groups in total. The van der Waals surface area contributed by atoms with Crippen molar-refractivity contribution in [2.45, 2.75) is 33.6 Å². The quantitative estimate of drug-likeness (QED) is 0.578. The second-order valence-corrected chi connectivity index (χ2v) is 3.55. The van der Waals surface area contributed by atoms with E-state index in [1.54, 1.807) is 0 Å². The van der Waals surface area contributed by atoms with Crippen molar-refractivity contribution < 1.29 is 0 Å². The van der Waals surface area contributed by atoms with Gasteiger partial charge >= 0.3 is 0 Å².